The molecule has 0 aliphatic heterocycles. The molecule has 0 radical (unpaired) electrons. The molecule has 3 aromatic rings. The highest BCUT2D eigenvalue weighted by atomic mass is 32.2. The van der Waals surface area contributed by atoms with Gasteiger partial charge >= 0.3 is 5.97 Å². The summed E-state index contributed by atoms with van der Waals surface area (Å²) >= 11 is 0.993. The Morgan fingerprint density at radius 2 is 2.21 bits per heavy atom. The highest BCUT2D eigenvalue weighted by Gasteiger charge is 2.18. The zero-order valence-corrected chi connectivity index (χ0v) is 16.7. The molecular formula is C19H20N4O5S. The number of aromatic hydroxyl groups is 1. The lowest BCUT2D eigenvalue weighted by molar-refractivity contribution is -0.133. The minimum absolute atomic E-state index is 0.0104. The number of aryl methyl sites for hydroxylation is 1. The van der Waals surface area contributed by atoms with Crippen LogP contribution < -0.4 is 4.74 Å². The van der Waals surface area contributed by atoms with E-state index in [2.05, 4.69) is 15.3 Å². The number of aromatic nitrogens is 3. The van der Waals surface area contributed by atoms with E-state index in [0.717, 1.165) is 18.2 Å². The Labute approximate surface area is 171 Å². The summed E-state index contributed by atoms with van der Waals surface area (Å²) in [5.74, 6) is 0.447. The number of hydrogen-bond donors (Lipinski definition) is 2. The van der Waals surface area contributed by atoms with Crippen molar-refractivity contribution < 1.29 is 24.2 Å². The van der Waals surface area contributed by atoms with Crippen molar-refractivity contribution in [3.05, 3.63) is 41.9 Å². The van der Waals surface area contributed by atoms with Crippen LogP contribution in [0.2, 0.25) is 0 Å². The lowest BCUT2D eigenvalue weighted by atomic mass is 10.2. The van der Waals surface area contributed by atoms with E-state index in [-0.39, 0.29) is 11.5 Å². The smallest absolute Gasteiger partial charge is 0.313 e. The van der Waals surface area contributed by atoms with Gasteiger partial charge in [-0.25, -0.2) is 0 Å². The molecule has 0 aliphatic carbocycles. The number of benzene rings is 1. The van der Waals surface area contributed by atoms with Gasteiger partial charge < -0.3 is 19.4 Å². The number of carbonyl (C=O) groups is 1. The molecule has 2 heterocycles. The van der Waals surface area contributed by atoms with Gasteiger partial charge in [-0.15, -0.1) is 10.2 Å². The van der Waals surface area contributed by atoms with Crippen molar-refractivity contribution in [2.75, 3.05) is 12.4 Å². The average molecular weight is 416 g/mol. The van der Waals surface area contributed by atoms with Gasteiger partial charge in [0.25, 0.3) is 0 Å². The lowest BCUT2D eigenvalue weighted by Gasteiger charge is -2.07. The number of ether oxygens (including phenoxy) is 1. The number of carboxylic acid groups (broad SMARTS) is 1. The van der Waals surface area contributed by atoms with E-state index in [0.29, 0.717) is 40.2 Å². The van der Waals surface area contributed by atoms with Crippen molar-refractivity contribution in [2.45, 2.75) is 25.4 Å². The van der Waals surface area contributed by atoms with Crippen molar-refractivity contribution in [1.82, 2.24) is 14.9 Å². The lowest BCUT2D eigenvalue weighted by Crippen LogP contribution is -2.02. The monoisotopic (exact) mass is 416 g/mol. The summed E-state index contributed by atoms with van der Waals surface area (Å²) in [6.07, 6.45) is 3.84. The fourth-order valence-electron chi connectivity index (χ4n) is 2.43. The summed E-state index contributed by atoms with van der Waals surface area (Å²) in [6.45, 7) is 4.34. The highest BCUT2D eigenvalue weighted by Crippen LogP contribution is 2.27. The van der Waals surface area contributed by atoms with Gasteiger partial charge in [-0.1, -0.05) is 18.7 Å². The molecule has 1 aromatic carbocycles. The predicted octanol–water partition coefficient (Wildman–Crippen LogP) is 3.40. The van der Waals surface area contributed by atoms with Gasteiger partial charge in [0, 0.05) is 11.6 Å². The van der Waals surface area contributed by atoms with Gasteiger partial charge in [0.2, 0.25) is 5.16 Å². The number of furan rings is 1. The SMILES string of the molecule is CCCOc1ccc(/C=N/n2c(SCC(=O)O)nnc2-c2ccoc2C)c(O)c1. The second kappa shape index (κ2) is 9.28. The van der Waals surface area contributed by atoms with E-state index >= 15 is 0 Å². The van der Waals surface area contributed by atoms with Crippen LogP contribution >= 0.6 is 11.8 Å². The van der Waals surface area contributed by atoms with Gasteiger partial charge in [-0.05, 0) is 31.5 Å². The van der Waals surface area contributed by atoms with Crippen LogP contribution in [0.3, 0.4) is 0 Å². The van der Waals surface area contributed by atoms with Gasteiger partial charge in [-0.2, -0.15) is 9.78 Å². The van der Waals surface area contributed by atoms with Crippen molar-refractivity contribution in [2.24, 2.45) is 5.10 Å². The fraction of sp³-hybridized carbons (Fsp3) is 0.263. The molecule has 0 bridgehead atoms. The number of nitrogens with zero attached hydrogens (tertiary/aromatic N) is 4. The summed E-state index contributed by atoms with van der Waals surface area (Å²) < 4.78 is 12.2. The average Bonchev–Trinajstić information content (AvgIpc) is 3.29. The van der Waals surface area contributed by atoms with E-state index in [1.165, 1.54) is 23.2 Å². The first kappa shape index (κ1) is 20.5. The Kier molecular flexibility index (Phi) is 6.55. The summed E-state index contributed by atoms with van der Waals surface area (Å²) in [5, 5.41) is 32.1. The van der Waals surface area contributed by atoms with Crippen molar-refractivity contribution >= 4 is 23.9 Å². The first-order chi connectivity index (χ1) is 14.0. The predicted molar refractivity (Wildman–Crippen MR) is 108 cm³/mol. The first-order valence-corrected chi connectivity index (χ1v) is 9.82. The first-order valence-electron chi connectivity index (χ1n) is 8.84. The van der Waals surface area contributed by atoms with E-state index in [4.69, 9.17) is 14.3 Å². The second-order valence-corrected chi connectivity index (χ2v) is 6.95. The van der Waals surface area contributed by atoms with Gasteiger partial charge in [0.1, 0.15) is 17.3 Å². The number of phenols is 1. The van der Waals surface area contributed by atoms with Gasteiger partial charge in [0.15, 0.2) is 5.82 Å². The number of phenolic OH excluding ortho intramolecular Hbond substituents is 1. The summed E-state index contributed by atoms with van der Waals surface area (Å²) in [4.78, 5) is 10.9. The Morgan fingerprint density at radius 3 is 2.86 bits per heavy atom. The maximum absolute atomic E-state index is 10.9. The van der Waals surface area contributed by atoms with Crippen LogP contribution in [0, 0.1) is 6.92 Å². The Balaban J connectivity index is 1.93. The molecule has 10 heteroatoms. The topological polar surface area (TPSA) is 123 Å². The number of thioether (sulfide) groups is 1. The third-order valence-corrected chi connectivity index (χ3v) is 4.73. The Morgan fingerprint density at radius 1 is 1.38 bits per heavy atom. The zero-order valence-electron chi connectivity index (χ0n) is 15.9. The third kappa shape index (κ3) is 4.96. The molecule has 0 aliphatic rings. The fourth-order valence-corrected chi connectivity index (χ4v) is 3.04. The summed E-state index contributed by atoms with van der Waals surface area (Å²) in [5.41, 5.74) is 1.15. The Bertz CT molecular complexity index is 1030. The molecule has 0 atom stereocenters. The van der Waals surface area contributed by atoms with Crippen molar-refractivity contribution in [3.63, 3.8) is 0 Å². The maximum Gasteiger partial charge on any atom is 0.313 e. The largest absolute Gasteiger partial charge is 0.507 e. The van der Waals surface area contributed by atoms with Crippen LogP contribution in [0.4, 0.5) is 0 Å². The minimum atomic E-state index is -0.977. The number of carboxylic acids is 1. The highest BCUT2D eigenvalue weighted by molar-refractivity contribution is 7.99. The molecule has 0 amide bonds. The quantitative estimate of drug-likeness (QED) is 0.402. The molecule has 2 aromatic heterocycles. The molecule has 152 valence electrons. The molecule has 0 saturated heterocycles. The van der Waals surface area contributed by atoms with Crippen LogP contribution in [0.5, 0.6) is 11.5 Å². The third-order valence-electron chi connectivity index (χ3n) is 3.82. The van der Waals surface area contributed by atoms with Crippen LogP contribution in [0.15, 0.2) is 45.2 Å². The van der Waals surface area contributed by atoms with Crippen LogP contribution in [-0.2, 0) is 4.79 Å². The van der Waals surface area contributed by atoms with Gasteiger partial charge in [0.05, 0.1) is 30.4 Å². The van der Waals surface area contributed by atoms with Crippen LogP contribution in [0.25, 0.3) is 11.4 Å². The van der Waals surface area contributed by atoms with Crippen LogP contribution in [-0.4, -0.2) is 49.6 Å². The Hall–Kier alpha value is -3.27. The normalized spacial score (nSPS) is 11.2. The van der Waals surface area contributed by atoms with E-state index < -0.39 is 5.97 Å². The molecule has 9 nitrogen and oxygen atoms in total. The molecule has 29 heavy (non-hydrogen) atoms. The van der Waals surface area contributed by atoms with Gasteiger partial charge in [-0.3, -0.25) is 4.79 Å². The van der Waals surface area contributed by atoms with Crippen LogP contribution in [0.1, 0.15) is 24.7 Å². The second-order valence-electron chi connectivity index (χ2n) is 6.00. The number of rotatable bonds is 9. The molecule has 0 saturated carbocycles. The van der Waals surface area contributed by atoms with Crippen molar-refractivity contribution in [3.8, 4) is 22.9 Å². The molecular weight excluding hydrogens is 396 g/mol. The van der Waals surface area contributed by atoms with Crippen molar-refractivity contribution in [1.29, 1.82) is 0 Å². The molecule has 0 unspecified atom stereocenters. The minimum Gasteiger partial charge on any atom is -0.507 e. The van der Waals surface area contributed by atoms with E-state index in [9.17, 15) is 9.90 Å². The molecule has 3 rings (SSSR count). The standard InChI is InChI=1S/C19H20N4O5S/c1-3-7-28-14-5-4-13(16(24)9-14)10-20-23-18(15-6-8-27-12(15)2)21-22-19(23)29-11-17(25)26/h4-6,8-10,24H,3,7,11H2,1-2H3,(H,25,26)/b20-10+. The molecule has 2 N–H and O–H groups in total. The van der Waals surface area contributed by atoms with E-state index in [1.807, 2.05) is 6.92 Å². The maximum atomic E-state index is 10.9. The molecule has 0 spiro atoms. The van der Waals surface area contributed by atoms with E-state index in [1.54, 1.807) is 25.1 Å². The molecule has 0 fully saturated rings. The zero-order chi connectivity index (χ0) is 20.8. The number of aliphatic carboxylic acids is 1. The summed E-state index contributed by atoms with van der Waals surface area (Å²) in [6, 6.07) is 6.67. The number of hydrogen-bond acceptors (Lipinski definition) is 8. The summed E-state index contributed by atoms with van der Waals surface area (Å²) in [7, 11) is 0.